The van der Waals surface area contributed by atoms with Crippen LogP contribution in [0.2, 0.25) is 0 Å². The van der Waals surface area contributed by atoms with Crippen molar-refractivity contribution in [3.8, 4) is 0 Å². The van der Waals surface area contributed by atoms with Crippen molar-refractivity contribution in [2.45, 2.75) is 63.7 Å². The lowest BCUT2D eigenvalue weighted by Gasteiger charge is -2.41. The quantitative estimate of drug-likeness (QED) is 0.103. The molecule has 4 aliphatic rings. The molecule has 0 spiro atoms. The molecule has 2 aromatic rings. The molecular formula is C33H40O10. The summed E-state index contributed by atoms with van der Waals surface area (Å²) in [6.45, 7) is 8.48. The minimum Gasteiger partial charge on any atom is -0.374 e. The van der Waals surface area contributed by atoms with Crippen molar-refractivity contribution in [1.82, 2.24) is 0 Å². The molecule has 232 valence electrons. The highest BCUT2D eigenvalue weighted by molar-refractivity contribution is 6.20. The molecule has 2 aromatic carbocycles. The summed E-state index contributed by atoms with van der Waals surface area (Å²) in [5.41, 5.74) is 0.731. The molecule has 0 amide bonds. The number of aryl methyl sites for hydroxylation is 2. The van der Waals surface area contributed by atoms with Crippen LogP contribution in [0.5, 0.6) is 0 Å². The lowest BCUT2D eigenvalue weighted by molar-refractivity contribution is -0.393. The van der Waals surface area contributed by atoms with Crippen molar-refractivity contribution in [3.05, 3.63) is 70.8 Å². The van der Waals surface area contributed by atoms with E-state index < -0.39 is 17.5 Å². The molecule has 5 unspecified atom stereocenters. The van der Waals surface area contributed by atoms with Gasteiger partial charge in [-0.2, -0.15) is 0 Å². The first-order valence-corrected chi connectivity index (χ1v) is 15.0. The van der Waals surface area contributed by atoms with Crippen LogP contribution in [-0.4, -0.2) is 101 Å². The van der Waals surface area contributed by atoms with Gasteiger partial charge in [0.2, 0.25) is 0 Å². The van der Waals surface area contributed by atoms with E-state index in [1.807, 2.05) is 38.1 Å². The molecule has 0 saturated carbocycles. The van der Waals surface area contributed by atoms with E-state index in [1.165, 1.54) is 0 Å². The fraction of sp³-hybridized carbons (Fsp3) is 0.576. The second-order valence-corrected chi connectivity index (χ2v) is 12.0. The summed E-state index contributed by atoms with van der Waals surface area (Å²) in [6.07, 6.45) is -1.48. The van der Waals surface area contributed by atoms with Crippen LogP contribution < -0.4 is 0 Å². The molecule has 6 rings (SSSR count). The standard InChI is InChI=1S/C33H40O10/c1-21-8-4-6-10-27(21)30(34)32(3,31(35)28-11-7-5-9-22(28)2)29(40-17-23-13-36-23)12-33(41-18-24-14-37-24,42-19-25-15-38-25)43-20-26-16-39-26/h4-11,23-26,29H,12-20H2,1-3H3. The molecule has 0 aromatic heterocycles. The van der Waals surface area contributed by atoms with Crippen LogP contribution in [-0.2, 0) is 37.9 Å². The molecule has 4 aliphatic heterocycles. The monoisotopic (exact) mass is 596 g/mol. The normalized spacial score (nSPS) is 25.9. The summed E-state index contributed by atoms with van der Waals surface area (Å²) >= 11 is 0. The molecule has 4 heterocycles. The highest BCUT2D eigenvalue weighted by Crippen LogP contribution is 2.41. The fourth-order valence-corrected chi connectivity index (χ4v) is 5.11. The van der Waals surface area contributed by atoms with E-state index in [4.69, 9.17) is 37.9 Å². The predicted octanol–water partition coefficient (Wildman–Crippen LogP) is 3.45. The summed E-state index contributed by atoms with van der Waals surface area (Å²) in [5.74, 6) is -2.36. The molecule has 10 nitrogen and oxygen atoms in total. The molecule has 0 N–H and O–H groups in total. The van der Waals surface area contributed by atoms with Crippen LogP contribution in [0.1, 0.15) is 45.2 Å². The molecule has 5 atom stereocenters. The van der Waals surface area contributed by atoms with Crippen molar-refractivity contribution in [1.29, 1.82) is 0 Å². The smallest absolute Gasteiger partial charge is 0.285 e. The van der Waals surface area contributed by atoms with Crippen molar-refractivity contribution < 1.29 is 47.5 Å². The van der Waals surface area contributed by atoms with E-state index in [9.17, 15) is 9.59 Å². The van der Waals surface area contributed by atoms with Gasteiger partial charge in [0.1, 0.15) is 29.8 Å². The average Bonchev–Trinajstić information content (AvgIpc) is 3.84. The van der Waals surface area contributed by atoms with Crippen LogP contribution in [0, 0.1) is 19.3 Å². The summed E-state index contributed by atoms with van der Waals surface area (Å²) in [6, 6.07) is 14.6. The van der Waals surface area contributed by atoms with E-state index in [0.717, 1.165) is 11.1 Å². The first-order valence-electron chi connectivity index (χ1n) is 15.0. The van der Waals surface area contributed by atoms with E-state index in [0.29, 0.717) is 37.6 Å². The number of rotatable bonds is 19. The van der Waals surface area contributed by atoms with Gasteiger partial charge < -0.3 is 37.9 Å². The zero-order valence-electron chi connectivity index (χ0n) is 25.0. The van der Waals surface area contributed by atoms with Crippen molar-refractivity contribution in [2.75, 3.05) is 52.9 Å². The van der Waals surface area contributed by atoms with Gasteiger partial charge in [-0.3, -0.25) is 9.59 Å². The predicted molar refractivity (Wildman–Crippen MR) is 153 cm³/mol. The molecule has 0 bridgehead atoms. The Morgan fingerprint density at radius 1 is 0.698 bits per heavy atom. The lowest BCUT2D eigenvalue weighted by Crippen LogP contribution is -2.54. The van der Waals surface area contributed by atoms with Crippen molar-refractivity contribution >= 4 is 11.6 Å². The number of Topliss-reactive ketones (excluding diaryl/α,β-unsaturated/α-hetero) is 2. The van der Waals surface area contributed by atoms with Gasteiger partial charge in [0.15, 0.2) is 11.6 Å². The number of hydrogen-bond donors (Lipinski definition) is 0. The van der Waals surface area contributed by atoms with E-state index in [1.54, 1.807) is 31.2 Å². The second-order valence-electron chi connectivity index (χ2n) is 12.0. The Morgan fingerprint density at radius 3 is 1.44 bits per heavy atom. The number of ether oxygens (including phenoxy) is 8. The third-order valence-corrected chi connectivity index (χ3v) is 8.36. The van der Waals surface area contributed by atoms with Gasteiger partial charge in [0.05, 0.1) is 65.4 Å². The van der Waals surface area contributed by atoms with Crippen molar-refractivity contribution in [2.24, 2.45) is 5.41 Å². The number of epoxide rings is 4. The Morgan fingerprint density at radius 2 is 1.07 bits per heavy atom. The topological polar surface area (TPSA) is 121 Å². The number of benzene rings is 2. The first kappa shape index (κ1) is 30.5. The SMILES string of the molecule is Cc1ccccc1C(=O)C(C)(C(=O)c1ccccc1C)C(CC(OCC1CO1)(OCC1CO1)OCC1CO1)OCC1CO1. The number of ketones is 2. The highest BCUT2D eigenvalue weighted by Gasteiger charge is 2.55. The van der Waals surface area contributed by atoms with Crippen LogP contribution in [0.25, 0.3) is 0 Å². The van der Waals surface area contributed by atoms with E-state index in [-0.39, 0.29) is 68.8 Å². The lowest BCUT2D eigenvalue weighted by atomic mass is 9.69. The van der Waals surface area contributed by atoms with Gasteiger partial charge in [-0.05, 0) is 31.9 Å². The van der Waals surface area contributed by atoms with Gasteiger partial charge in [0, 0.05) is 11.1 Å². The van der Waals surface area contributed by atoms with Gasteiger partial charge in [-0.1, -0.05) is 48.5 Å². The Kier molecular flexibility index (Phi) is 9.09. The van der Waals surface area contributed by atoms with E-state index in [2.05, 4.69) is 0 Å². The maximum absolute atomic E-state index is 14.7. The molecule has 0 aliphatic carbocycles. The molecular weight excluding hydrogens is 556 g/mol. The summed E-state index contributed by atoms with van der Waals surface area (Å²) in [4.78, 5) is 29.4. The van der Waals surface area contributed by atoms with Crippen molar-refractivity contribution in [3.63, 3.8) is 0 Å². The minimum atomic E-state index is -1.68. The summed E-state index contributed by atoms with van der Waals surface area (Å²) in [5, 5.41) is 0. The Hall–Kier alpha value is -2.54. The first-order chi connectivity index (χ1) is 20.8. The maximum Gasteiger partial charge on any atom is 0.285 e. The molecule has 0 radical (unpaired) electrons. The van der Waals surface area contributed by atoms with Gasteiger partial charge in [-0.25, -0.2) is 0 Å². The molecule has 43 heavy (non-hydrogen) atoms. The Balaban J connectivity index is 1.41. The van der Waals surface area contributed by atoms with Crippen LogP contribution in [0.3, 0.4) is 0 Å². The van der Waals surface area contributed by atoms with Crippen LogP contribution in [0.4, 0.5) is 0 Å². The van der Waals surface area contributed by atoms with Crippen LogP contribution in [0.15, 0.2) is 48.5 Å². The minimum absolute atomic E-state index is 0.0718. The highest BCUT2D eigenvalue weighted by atomic mass is 16.9. The number of carbonyl (C=O) groups is 2. The summed E-state index contributed by atoms with van der Waals surface area (Å²) < 4.78 is 47.3. The number of hydrogen-bond acceptors (Lipinski definition) is 10. The van der Waals surface area contributed by atoms with Gasteiger partial charge in [0.25, 0.3) is 5.97 Å². The maximum atomic E-state index is 14.7. The van der Waals surface area contributed by atoms with Gasteiger partial charge in [-0.15, -0.1) is 0 Å². The zero-order chi connectivity index (χ0) is 30.0. The van der Waals surface area contributed by atoms with Gasteiger partial charge >= 0.3 is 0 Å². The second kappa shape index (κ2) is 12.8. The van der Waals surface area contributed by atoms with Crippen LogP contribution >= 0.6 is 0 Å². The summed E-state index contributed by atoms with van der Waals surface area (Å²) in [7, 11) is 0. The molecule has 10 heteroatoms. The molecule has 4 saturated heterocycles. The average molecular weight is 597 g/mol. The third kappa shape index (κ3) is 7.58. The third-order valence-electron chi connectivity index (χ3n) is 8.36. The Labute approximate surface area is 251 Å². The Bertz CT molecular complexity index is 1200. The fourth-order valence-electron chi connectivity index (χ4n) is 5.11. The number of carbonyl (C=O) groups excluding carboxylic acids is 2. The molecule has 4 fully saturated rings. The van der Waals surface area contributed by atoms with E-state index >= 15 is 0 Å². The largest absolute Gasteiger partial charge is 0.374 e. The zero-order valence-corrected chi connectivity index (χ0v) is 25.0.